The van der Waals surface area contributed by atoms with Crippen LogP contribution in [-0.2, 0) is 57.7 Å². The van der Waals surface area contributed by atoms with Crippen LogP contribution in [-0.4, -0.2) is 47.1 Å². The van der Waals surface area contributed by atoms with Crippen molar-refractivity contribution in [1.29, 1.82) is 0 Å². The van der Waals surface area contributed by atoms with Crippen molar-refractivity contribution in [3.05, 3.63) is 111 Å². The van der Waals surface area contributed by atoms with Crippen LogP contribution in [0, 0.1) is 11.8 Å². The van der Waals surface area contributed by atoms with E-state index in [2.05, 4.69) is 35.9 Å². The van der Waals surface area contributed by atoms with Gasteiger partial charge in [0, 0.05) is 55.4 Å². The van der Waals surface area contributed by atoms with Gasteiger partial charge in [0.1, 0.15) is 34.0 Å². The number of amides is 1. The Kier molecular flexibility index (Phi) is 10.3. The van der Waals surface area contributed by atoms with Crippen LogP contribution < -0.4 is 16.0 Å². The van der Waals surface area contributed by atoms with Gasteiger partial charge in [-0.2, -0.15) is 0 Å². The van der Waals surface area contributed by atoms with Crippen molar-refractivity contribution < 1.29 is 24.3 Å². The molecule has 4 aliphatic rings. The predicted molar refractivity (Wildman–Crippen MR) is 237 cm³/mol. The number of hydrogen-bond acceptors (Lipinski definition) is 14. The summed E-state index contributed by atoms with van der Waals surface area (Å²) in [7, 11) is 0. The Hall–Kier alpha value is -5.68. The Balaban J connectivity index is 0.000000147. The summed E-state index contributed by atoms with van der Waals surface area (Å²) in [4.78, 5) is 71.6. The molecule has 4 N–H and O–H groups in total. The van der Waals surface area contributed by atoms with E-state index in [9.17, 15) is 24.3 Å². The topological polar surface area (TPSA) is 176 Å². The number of para-hydroxylation sites is 1. The van der Waals surface area contributed by atoms with Gasteiger partial charge < -0.3 is 21.1 Å². The molecule has 0 saturated heterocycles. The Bertz CT molecular complexity index is 2900. The number of carboxylic acid groups (broad SMARTS) is 1. The van der Waals surface area contributed by atoms with Gasteiger partial charge >= 0.3 is 5.97 Å². The Morgan fingerprint density at radius 1 is 0.633 bits per heavy atom. The molecular formula is C44H35N7O5S4. The largest absolute Gasteiger partial charge is 0.481 e. The van der Waals surface area contributed by atoms with Crippen molar-refractivity contribution in [2.24, 2.45) is 11.8 Å². The Labute approximate surface area is 360 Å². The zero-order valence-electron chi connectivity index (χ0n) is 31.8. The van der Waals surface area contributed by atoms with Gasteiger partial charge in [0.2, 0.25) is 5.91 Å². The first kappa shape index (κ1) is 38.5. The lowest BCUT2D eigenvalue weighted by molar-refractivity contribution is -0.142. The summed E-state index contributed by atoms with van der Waals surface area (Å²) >= 11 is 5.80. The summed E-state index contributed by atoms with van der Waals surface area (Å²) in [6.07, 6.45) is 8.35. The smallest absolute Gasteiger partial charge is 0.306 e. The van der Waals surface area contributed by atoms with Gasteiger partial charge in [-0.05, 0) is 97.2 Å². The standard InChI is InChI=1S/C25H20N4O2S2.C19H15N3O3S2/c30-21-11-14-6-8-17(12-19(14)32-21)28-23-22-18-9-7-15(10-20(18)33-25(22)27-13-26-23)24(31)29-16-4-2-1-3-5-16;23-15-6-9-1-3-11(7-13(9)26-15)22-17-16-12-4-2-10(19(24)25)5-14(12)27-18(16)21-8-20-17/h1-6,8,12-13,15H,7,9-11H2,(H,29,31)(H,26,27,28);1,3,7-8,10H,2,4-6H2,(H,24,25)(H,20,21,22). The second kappa shape index (κ2) is 16.1. The number of hydrogen-bond donors (Lipinski definition) is 4. The van der Waals surface area contributed by atoms with E-state index in [1.165, 1.54) is 45.9 Å². The van der Waals surface area contributed by atoms with Gasteiger partial charge in [0.25, 0.3) is 0 Å². The molecule has 0 radical (unpaired) electrons. The quantitative estimate of drug-likeness (QED) is 0.119. The fourth-order valence-corrected chi connectivity index (χ4v) is 12.7. The van der Waals surface area contributed by atoms with Crippen LogP contribution in [0.15, 0.2) is 89.2 Å². The number of carbonyl (C=O) groups is 4. The lowest BCUT2D eigenvalue weighted by Gasteiger charge is -2.22. The molecule has 7 aromatic rings. The van der Waals surface area contributed by atoms with Crippen LogP contribution in [0.5, 0.6) is 0 Å². The number of nitrogens with one attached hydrogen (secondary N) is 3. The Morgan fingerprint density at radius 3 is 1.68 bits per heavy atom. The molecule has 3 aromatic carbocycles. The van der Waals surface area contributed by atoms with Crippen LogP contribution in [0.4, 0.5) is 28.7 Å². The number of thioether (sulfide) groups is 2. The maximum Gasteiger partial charge on any atom is 0.306 e. The van der Waals surface area contributed by atoms with E-state index in [0.29, 0.717) is 32.1 Å². The van der Waals surface area contributed by atoms with Gasteiger partial charge in [-0.3, -0.25) is 19.2 Å². The van der Waals surface area contributed by atoms with E-state index in [0.717, 1.165) is 94.2 Å². The molecule has 0 saturated carbocycles. The zero-order valence-corrected chi connectivity index (χ0v) is 35.1. The van der Waals surface area contributed by atoms with E-state index < -0.39 is 5.97 Å². The highest BCUT2D eigenvalue weighted by atomic mass is 32.2. The first-order valence-electron chi connectivity index (χ1n) is 19.5. The lowest BCUT2D eigenvalue weighted by Crippen LogP contribution is -2.27. The highest BCUT2D eigenvalue weighted by Gasteiger charge is 2.31. The highest BCUT2D eigenvalue weighted by molar-refractivity contribution is 8.14. The number of rotatable bonds is 7. The SMILES string of the molecule is O=C1Cc2ccc(Nc3ncnc4sc5c(c34)CCC(C(=O)Nc3ccccc3)C5)cc2S1.O=C1Cc2ccc(Nc3ncnc4sc5c(c34)CCC(C(=O)O)C5)cc2S1. The van der Waals surface area contributed by atoms with E-state index >= 15 is 0 Å². The number of aryl methyl sites for hydroxylation is 2. The molecule has 0 spiro atoms. The monoisotopic (exact) mass is 869 g/mol. The first-order chi connectivity index (χ1) is 29.2. The molecule has 12 nitrogen and oxygen atoms in total. The van der Waals surface area contributed by atoms with Crippen molar-refractivity contribution in [1.82, 2.24) is 19.9 Å². The molecule has 2 aliphatic heterocycles. The van der Waals surface area contributed by atoms with Crippen LogP contribution in [0.3, 0.4) is 0 Å². The third-order valence-electron chi connectivity index (χ3n) is 11.2. The molecular weight excluding hydrogens is 835 g/mol. The van der Waals surface area contributed by atoms with Crippen LogP contribution in [0.2, 0.25) is 0 Å². The van der Waals surface area contributed by atoms with Gasteiger partial charge in [0.15, 0.2) is 10.2 Å². The molecule has 2 aliphatic carbocycles. The van der Waals surface area contributed by atoms with Gasteiger partial charge in [-0.1, -0.05) is 53.9 Å². The second-order valence-corrected chi connectivity index (χ2v) is 19.4. The van der Waals surface area contributed by atoms with Crippen molar-refractivity contribution in [2.75, 3.05) is 16.0 Å². The number of benzene rings is 3. The van der Waals surface area contributed by atoms with Crippen molar-refractivity contribution in [3.63, 3.8) is 0 Å². The van der Waals surface area contributed by atoms with E-state index in [4.69, 9.17) is 0 Å². The number of aromatic nitrogens is 4. The van der Waals surface area contributed by atoms with Crippen molar-refractivity contribution in [3.8, 4) is 0 Å². The fraction of sp³-hybridized carbons (Fsp3) is 0.227. The number of aliphatic carboxylic acids is 1. The maximum atomic E-state index is 12.8. The molecule has 2 atom stereocenters. The predicted octanol–water partition coefficient (Wildman–Crippen LogP) is 9.15. The summed E-state index contributed by atoms with van der Waals surface area (Å²) in [5, 5.41) is 21.6. The molecule has 6 heterocycles. The van der Waals surface area contributed by atoms with Crippen LogP contribution in [0.1, 0.15) is 44.8 Å². The summed E-state index contributed by atoms with van der Waals surface area (Å²) in [5.74, 6) is 0.480. The molecule has 2 unspecified atom stereocenters. The number of carbonyl (C=O) groups excluding carboxylic acids is 3. The van der Waals surface area contributed by atoms with Gasteiger partial charge in [-0.25, -0.2) is 19.9 Å². The Morgan fingerprint density at radius 2 is 1.15 bits per heavy atom. The number of nitrogens with zero attached hydrogens (tertiary/aromatic N) is 4. The van der Waals surface area contributed by atoms with Crippen LogP contribution in [0.25, 0.3) is 20.4 Å². The maximum absolute atomic E-state index is 12.8. The normalized spacial score (nSPS) is 17.6. The summed E-state index contributed by atoms with van der Waals surface area (Å²) in [6, 6.07) is 21.5. The number of carboxylic acids is 1. The van der Waals surface area contributed by atoms with E-state index in [1.807, 2.05) is 66.7 Å². The van der Waals surface area contributed by atoms with E-state index in [1.54, 1.807) is 29.0 Å². The molecule has 60 heavy (non-hydrogen) atoms. The molecule has 0 fully saturated rings. The van der Waals surface area contributed by atoms with Gasteiger partial charge in [-0.15, -0.1) is 22.7 Å². The average Bonchev–Trinajstić information content (AvgIpc) is 4.02. The summed E-state index contributed by atoms with van der Waals surface area (Å²) in [5.41, 5.74) is 7.18. The summed E-state index contributed by atoms with van der Waals surface area (Å²) < 4.78 is 0. The highest BCUT2D eigenvalue weighted by Crippen LogP contribution is 2.43. The third-order valence-corrected chi connectivity index (χ3v) is 15.5. The van der Waals surface area contributed by atoms with E-state index in [-0.39, 0.29) is 28.0 Å². The molecule has 16 heteroatoms. The zero-order chi connectivity index (χ0) is 40.9. The van der Waals surface area contributed by atoms with Crippen molar-refractivity contribution in [2.45, 2.75) is 61.2 Å². The number of fused-ring (bicyclic) bond motifs is 8. The third kappa shape index (κ3) is 7.64. The molecule has 300 valence electrons. The van der Waals surface area contributed by atoms with Gasteiger partial charge in [0.05, 0.1) is 16.7 Å². The minimum atomic E-state index is -0.729. The molecule has 11 rings (SSSR count). The minimum absolute atomic E-state index is 0.0543. The molecule has 0 bridgehead atoms. The number of anilines is 5. The van der Waals surface area contributed by atoms with Crippen molar-refractivity contribution >= 4 is 117 Å². The molecule has 1 amide bonds. The summed E-state index contributed by atoms with van der Waals surface area (Å²) in [6.45, 7) is 0. The molecule has 4 aromatic heterocycles. The fourth-order valence-electron chi connectivity index (χ4n) is 8.26. The minimum Gasteiger partial charge on any atom is -0.481 e. The number of thiophene rings is 2. The average molecular weight is 870 g/mol. The first-order valence-corrected chi connectivity index (χ1v) is 22.8. The van der Waals surface area contributed by atoms with Crippen LogP contribution >= 0.6 is 46.2 Å². The second-order valence-electron chi connectivity index (χ2n) is 15.1. The lowest BCUT2D eigenvalue weighted by atomic mass is 9.87.